The van der Waals surface area contributed by atoms with Crippen molar-refractivity contribution in [2.75, 3.05) is 18.0 Å². The molecule has 2 fully saturated rings. The van der Waals surface area contributed by atoms with Gasteiger partial charge < -0.3 is 4.90 Å². The minimum atomic E-state index is -0.282. The van der Waals surface area contributed by atoms with Gasteiger partial charge in [0.05, 0.1) is 18.4 Å². The monoisotopic (exact) mass is 308 g/mol. The normalized spacial score (nSPS) is 23.5. The molecule has 116 valence electrons. The highest BCUT2D eigenvalue weighted by atomic mass is 16.2. The van der Waals surface area contributed by atoms with E-state index in [-0.39, 0.29) is 23.7 Å². The van der Waals surface area contributed by atoms with Crippen molar-refractivity contribution in [3.63, 3.8) is 0 Å². The lowest BCUT2D eigenvalue weighted by Crippen LogP contribution is -2.36. The van der Waals surface area contributed by atoms with E-state index in [2.05, 4.69) is 9.97 Å². The van der Waals surface area contributed by atoms with E-state index < -0.39 is 0 Å². The average Bonchev–Trinajstić information content (AvgIpc) is 3.13. The van der Waals surface area contributed by atoms with Gasteiger partial charge in [-0.3, -0.25) is 14.5 Å². The van der Waals surface area contributed by atoms with Crippen LogP contribution in [0.15, 0.2) is 48.8 Å². The van der Waals surface area contributed by atoms with E-state index in [1.54, 1.807) is 18.5 Å². The molecule has 0 spiro atoms. The maximum atomic E-state index is 12.6. The highest BCUT2D eigenvalue weighted by molar-refractivity contribution is 6.06. The van der Waals surface area contributed by atoms with Gasteiger partial charge in [0.15, 0.2) is 0 Å². The van der Waals surface area contributed by atoms with Crippen LogP contribution in [0.3, 0.4) is 0 Å². The third kappa shape index (κ3) is 2.36. The molecule has 0 radical (unpaired) electrons. The second kappa shape index (κ2) is 5.46. The molecule has 3 heterocycles. The Bertz CT molecular complexity index is 711. The number of nitrogens with zero attached hydrogens (tertiary/aromatic N) is 4. The number of carbonyl (C=O) groups is 2. The van der Waals surface area contributed by atoms with Crippen LogP contribution in [0.1, 0.15) is 5.56 Å². The third-order valence-electron chi connectivity index (χ3n) is 4.50. The summed E-state index contributed by atoms with van der Waals surface area (Å²) in [6, 6.07) is 11.4. The number of anilines is 1. The van der Waals surface area contributed by atoms with Crippen molar-refractivity contribution in [3.05, 3.63) is 54.4 Å². The second-order valence-electron chi connectivity index (χ2n) is 5.91. The van der Waals surface area contributed by atoms with Crippen LogP contribution in [-0.2, 0) is 16.1 Å². The molecule has 2 atom stereocenters. The van der Waals surface area contributed by atoms with Crippen LogP contribution in [0.25, 0.3) is 0 Å². The van der Waals surface area contributed by atoms with Gasteiger partial charge in [0.1, 0.15) is 0 Å². The number of imide groups is 1. The molecule has 0 saturated carbocycles. The summed E-state index contributed by atoms with van der Waals surface area (Å²) in [6.45, 7) is 1.36. The molecule has 2 saturated heterocycles. The highest BCUT2D eigenvalue weighted by Gasteiger charge is 2.52. The van der Waals surface area contributed by atoms with Crippen molar-refractivity contribution in [2.45, 2.75) is 6.54 Å². The molecule has 6 heteroatoms. The zero-order chi connectivity index (χ0) is 15.8. The van der Waals surface area contributed by atoms with E-state index in [1.807, 2.05) is 35.2 Å². The largest absolute Gasteiger partial charge is 0.339 e. The number of likely N-dealkylation sites (tertiary alicyclic amines) is 1. The van der Waals surface area contributed by atoms with E-state index in [4.69, 9.17) is 0 Å². The first kappa shape index (κ1) is 13.9. The van der Waals surface area contributed by atoms with Crippen LogP contribution in [0.4, 0.5) is 5.95 Å². The Morgan fingerprint density at radius 2 is 1.52 bits per heavy atom. The van der Waals surface area contributed by atoms with Crippen LogP contribution in [-0.4, -0.2) is 39.8 Å². The summed E-state index contributed by atoms with van der Waals surface area (Å²) < 4.78 is 0. The van der Waals surface area contributed by atoms with Gasteiger partial charge in [0.2, 0.25) is 17.8 Å². The summed E-state index contributed by atoms with van der Waals surface area (Å²) in [5, 5.41) is 0. The van der Waals surface area contributed by atoms with Crippen LogP contribution in [0, 0.1) is 11.8 Å². The maximum Gasteiger partial charge on any atom is 0.235 e. The lowest BCUT2D eigenvalue weighted by molar-refractivity contribution is -0.140. The molecule has 1 aromatic carbocycles. The minimum absolute atomic E-state index is 0.0812. The first-order valence-electron chi connectivity index (χ1n) is 7.65. The Morgan fingerprint density at radius 3 is 2.13 bits per heavy atom. The van der Waals surface area contributed by atoms with Crippen molar-refractivity contribution in [3.8, 4) is 0 Å². The van der Waals surface area contributed by atoms with Crippen LogP contribution < -0.4 is 4.90 Å². The van der Waals surface area contributed by atoms with Crippen molar-refractivity contribution < 1.29 is 9.59 Å². The third-order valence-corrected chi connectivity index (χ3v) is 4.50. The number of aromatic nitrogens is 2. The smallest absolute Gasteiger partial charge is 0.235 e. The Balaban J connectivity index is 1.51. The van der Waals surface area contributed by atoms with E-state index in [0.29, 0.717) is 25.6 Å². The number of amides is 2. The van der Waals surface area contributed by atoms with E-state index in [1.165, 1.54) is 4.90 Å². The number of carbonyl (C=O) groups excluding carboxylic acids is 2. The molecular weight excluding hydrogens is 292 g/mol. The lowest BCUT2D eigenvalue weighted by atomic mass is 10.00. The number of rotatable bonds is 3. The van der Waals surface area contributed by atoms with Crippen molar-refractivity contribution >= 4 is 17.8 Å². The molecule has 0 aliphatic carbocycles. The zero-order valence-corrected chi connectivity index (χ0v) is 12.5. The van der Waals surface area contributed by atoms with Gasteiger partial charge >= 0.3 is 0 Å². The standard InChI is InChI=1S/C17H16N4O2/c22-15-13-10-20(17-18-7-4-8-19-17)11-14(13)16(23)21(15)9-12-5-2-1-3-6-12/h1-8,13-14H,9-11H2. The number of hydrogen-bond donors (Lipinski definition) is 0. The van der Waals surface area contributed by atoms with E-state index in [9.17, 15) is 9.59 Å². The quantitative estimate of drug-likeness (QED) is 0.794. The molecule has 1 aromatic heterocycles. The minimum Gasteiger partial charge on any atom is -0.339 e. The summed E-state index contributed by atoms with van der Waals surface area (Å²) in [4.78, 5) is 37.0. The first-order valence-corrected chi connectivity index (χ1v) is 7.65. The van der Waals surface area contributed by atoms with Gasteiger partial charge in [-0.1, -0.05) is 30.3 Å². The van der Waals surface area contributed by atoms with Gasteiger partial charge in [-0.05, 0) is 11.6 Å². The fraction of sp³-hybridized carbons (Fsp3) is 0.294. The van der Waals surface area contributed by atoms with Crippen LogP contribution >= 0.6 is 0 Å². The maximum absolute atomic E-state index is 12.6. The molecule has 2 aliphatic rings. The van der Waals surface area contributed by atoms with Crippen molar-refractivity contribution in [2.24, 2.45) is 11.8 Å². The molecule has 2 amide bonds. The fourth-order valence-electron chi connectivity index (χ4n) is 3.35. The Hall–Kier alpha value is -2.76. The van der Waals surface area contributed by atoms with E-state index >= 15 is 0 Å². The van der Waals surface area contributed by atoms with Gasteiger partial charge in [0.25, 0.3) is 0 Å². The molecule has 4 rings (SSSR count). The topological polar surface area (TPSA) is 66.4 Å². The van der Waals surface area contributed by atoms with Gasteiger partial charge in [-0.25, -0.2) is 9.97 Å². The number of fused-ring (bicyclic) bond motifs is 1. The summed E-state index contributed by atoms with van der Waals surface area (Å²) in [5.41, 5.74) is 0.970. The molecule has 0 bridgehead atoms. The Morgan fingerprint density at radius 1 is 0.913 bits per heavy atom. The van der Waals surface area contributed by atoms with Crippen molar-refractivity contribution in [1.82, 2.24) is 14.9 Å². The summed E-state index contributed by atoms with van der Waals surface area (Å²) in [6.07, 6.45) is 3.34. The van der Waals surface area contributed by atoms with Gasteiger partial charge in [-0.15, -0.1) is 0 Å². The first-order chi connectivity index (χ1) is 11.2. The second-order valence-corrected chi connectivity index (χ2v) is 5.91. The predicted octanol–water partition coefficient (Wildman–Crippen LogP) is 1.10. The molecule has 2 unspecified atom stereocenters. The van der Waals surface area contributed by atoms with Gasteiger partial charge in [-0.2, -0.15) is 0 Å². The molecule has 23 heavy (non-hydrogen) atoms. The number of benzene rings is 1. The van der Waals surface area contributed by atoms with Crippen LogP contribution in [0.5, 0.6) is 0 Å². The highest BCUT2D eigenvalue weighted by Crippen LogP contribution is 2.35. The summed E-state index contributed by atoms with van der Waals surface area (Å²) >= 11 is 0. The lowest BCUT2D eigenvalue weighted by Gasteiger charge is -2.20. The molecule has 2 aliphatic heterocycles. The number of hydrogen-bond acceptors (Lipinski definition) is 5. The molecule has 6 nitrogen and oxygen atoms in total. The Labute approximate surface area is 133 Å². The van der Waals surface area contributed by atoms with Gasteiger partial charge in [0, 0.05) is 25.5 Å². The predicted molar refractivity (Wildman–Crippen MR) is 83.2 cm³/mol. The van der Waals surface area contributed by atoms with Crippen LogP contribution in [0.2, 0.25) is 0 Å². The molecular formula is C17H16N4O2. The zero-order valence-electron chi connectivity index (χ0n) is 12.5. The summed E-state index contributed by atoms with van der Waals surface area (Å²) in [5.74, 6) is -0.147. The molecule has 0 N–H and O–H groups in total. The van der Waals surface area contributed by atoms with Crippen molar-refractivity contribution in [1.29, 1.82) is 0 Å². The SMILES string of the molecule is O=C1C2CN(c3ncccn3)CC2C(=O)N1Cc1ccccc1. The Kier molecular flexibility index (Phi) is 3.29. The average molecular weight is 308 g/mol. The molecule has 2 aromatic rings. The van der Waals surface area contributed by atoms with E-state index in [0.717, 1.165) is 5.56 Å². The fourth-order valence-corrected chi connectivity index (χ4v) is 3.35. The summed E-state index contributed by atoms with van der Waals surface area (Å²) in [7, 11) is 0.